The second-order valence-electron chi connectivity index (χ2n) is 5.20. The lowest BCUT2D eigenvalue weighted by molar-refractivity contribution is 0.674. The predicted octanol–water partition coefficient (Wildman–Crippen LogP) is 4.45. The van der Waals surface area contributed by atoms with Crippen LogP contribution in [-0.2, 0) is 10.1 Å². The highest BCUT2D eigenvalue weighted by Crippen LogP contribution is 2.34. The van der Waals surface area contributed by atoms with Crippen molar-refractivity contribution < 1.29 is 4.21 Å². The Morgan fingerprint density at radius 1 is 0.636 bits per heavy atom. The van der Waals surface area contributed by atoms with Gasteiger partial charge in [-0.1, -0.05) is 54.6 Å². The zero-order valence-corrected chi connectivity index (χ0v) is 13.4. The van der Waals surface area contributed by atoms with Gasteiger partial charge >= 0.3 is 0 Å². The number of hydrogen-bond donors (Lipinski definition) is 1. The predicted molar refractivity (Wildman–Crippen MR) is 95.2 cm³/mol. The minimum atomic E-state index is -2.77. The highest BCUT2D eigenvalue weighted by atomic mass is 32.3. The van der Waals surface area contributed by atoms with E-state index in [1.165, 1.54) is 0 Å². The first kappa shape index (κ1) is 14.5. The van der Waals surface area contributed by atoms with E-state index in [1.807, 2.05) is 102 Å². The van der Waals surface area contributed by atoms with Crippen LogP contribution in [0.15, 0.2) is 95.9 Å². The molecule has 0 saturated carbocycles. The lowest BCUT2D eigenvalue weighted by atomic mass is 10.3. The van der Waals surface area contributed by atoms with Crippen molar-refractivity contribution in [2.75, 3.05) is 10.6 Å². The van der Waals surface area contributed by atoms with Crippen LogP contribution in [0.5, 0.6) is 0 Å². The summed E-state index contributed by atoms with van der Waals surface area (Å²) in [6.45, 7) is 0. The molecule has 0 aliphatic rings. The molecule has 3 heteroatoms. The van der Waals surface area contributed by atoms with Gasteiger partial charge in [-0.15, -0.1) is 0 Å². The number of hydrogen-bond acceptors (Lipinski definition) is 1. The summed E-state index contributed by atoms with van der Waals surface area (Å²) in [4.78, 5) is 0.850. The smallest absolute Gasteiger partial charge is 0.0532 e. The fourth-order valence-electron chi connectivity index (χ4n) is 2.55. The third kappa shape index (κ3) is 2.81. The van der Waals surface area contributed by atoms with Crippen LogP contribution in [0.1, 0.15) is 0 Å². The van der Waals surface area contributed by atoms with Gasteiger partial charge in [-0.3, -0.25) is 8.51 Å². The van der Waals surface area contributed by atoms with Gasteiger partial charge in [-0.05, 0) is 46.5 Å². The van der Waals surface area contributed by atoms with Gasteiger partial charge in [-0.2, -0.15) is 0 Å². The Morgan fingerprint density at radius 3 is 1.41 bits per heavy atom. The lowest BCUT2D eigenvalue weighted by Gasteiger charge is -2.36. The largest absolute Gasteiger partial charge is 0.278 e. The zero-order valence-electron chi connectivity index (χ0n) is 12.5. The van der Waals surface area contributed by atoms with Crippen molar-refractivity contribution in [3.05, 3.63) is 91.0 Å². The van der Waals surface area contributed by atoms with Crippen molar-refractivity contribution in [2.24, 2.45) is 0 Å². The average Bonchev–Trinajstić information content (AvgIpc) is 2.58. The minimum absolute atomic E-state index is 0.850. The van der Waals surface area contributed by atoms with E-state index in [9.17, 15) is 4.21 Å². The molecular weight excluding hydrogens is 290 g/mol. The topological polar surface area (TPSA) is 20.3 Å². The molecule has 0 bridgehead atoms. The fraction of sp³-hybridized carbons (Fsp3) is 0.0526. The molecule has 0 unspecified atom stereocenters. The number of nitrogens with zero attached hydrogens (tertiary/aromatic N) is 1. The molecule has 0 spiro atoms. The molecule has 0 fully saturated rings. The van der Waals surface area contributed by atoms with Crippen molar-refractivity contribution in [3.63, 3.8) is 0 Å². The van der Waals surface area contributed by atoms with E-state index in [4.69, 9.17) is 0 Å². The quantitative estimate of drug-likeness (QED) is 0.706. The van der Waals surface area contributed by atoms with E-state index in [2.05, 4.69) is 0 Å². The highest BCUT2D eigenvalue weighted by molar-refractivity contribution is 8.04. The van der Waals surface area contributed by atoms with Crippen LogP contribution in [0.3, 0.4) is 0 Å². The molecule has 3 aromatic carbocycles. The Morgan fingerprint density at radius 2 is 1.00 bits per heavy atom. The van der Waals surface area contributed by atoms with Crippen LogP contribution in [0.4, 0.5) is 11.4 Å². The van der Waals surface area contributed by atoms with Crippen LogP contribution < -0.4 is 4.31 Å². The minimum Gasteiger partial charge on any atom is -0.278 e. The Kier molecular flexibility index (Phi) is 4.07. The molecule has 0 atom stereocenters. The summed E-state index contributed by atoms with van der Waals surface area (Å²) in [5.41, 5.74) is 1.87. The van der Waals surface area contributed by atoms with E-state index >= 15 is 0 Å². The first-order valence-corrected chi connectivity index (χ1v) is 9.34. The molecule has 3 rings (SSSR count). The summed E-state index contributed by atoms with van der Waals surface area (Å²) >= 11 is 0. The maximum atomic E-state index is 13.6. The van der Waals surface area contributed by atoms with Crippen molar-refractivity contribution >= 4 is 21.5 Å². The van der Waals surface area contributed by atoms with Crippen molar-refractivity contribution in [1.82, 2.24) is 0 Å². The third-order valence-corrected chi connectivity index (χ3v) is 6.10. The van der Waals surface area contributed by atoms with Gasteiger partial charge in [0.25, 0.3) is 0 Å². The first-order chi connectivity index (χ1) is 10.7. The van der Waals surface area contributed by atoms with Crippen LogP contribution in [0.25, 0.3) is 0 Å². The third-order valence-electron chi connectivity index (χ3n) is 3.62. The molecule has 0 N–H and O–H groups in total. The Labute approximate surface area is 132 Å². The second-order valence-corrected chi connectivity index (χ2v) is 7.87. The van der Waals surface area contributed by atoms with Crippen LogP contribution in [-0.4, -0.2) is 10.5 Å². The van der Waals surface area contributed by atoms with Gasteiger partial charge in [0.05, 0.1) is 11.4 Å². The molecule has 0 amide bonds. The number of anilines is 2. The van der Waals surface area contributed by atoms with Crippen molar-refractivity contribution in [1.29, 1.82) is 0 Å². The summed E-state index contributed by atoms with van der Waals surface area (Å²) in [6.07, 6.45) is 1.82. The van der Waals surface area contributed by atoms with Crippen molar-refractivity contribution in [3.8, 4) is 0 Å². The standard InChI is InChI=1S/C19H19NOS/c1-22(21,19-15-9-4-10-16-19)20(17-11-5-2-6-12-17)18-13-7-3-8-14-18/h2-16,22H,1H3. The first-order valence-electron chi connectivity index (χ1n) is 7.23. The molecule has 0 radical (unpaired) electrons. The Hall–Kier alpha value is -2.39. The maximum Gasteiger partial charge on any atom is 0.0532 e. The van der Waals surface area contributed by atoms with Gasteiger partial charge in [0.2, 0.25) is 0 Å². The van der Waals surface area contributed by atoms with E-state index in [1.54, 1.807) is 0 Å². The molecule has 22 heavy (non-hydrogen) atoms. The normalized spacial score (nSPS) is 11.9. The highest BCUT2D eigenvalue weighted by Gasteiger charge is 2.23. The van der Waals surface area contributed by atoms with E-state index in [0.29, 0.717) is 0 Å². The monoisotopic (exact) mass is 309 g/mol. The van der Waals surface area contributed by atoms with Crippen LogP contribution in [0, 0.1) is 0 Å². The molecule has 0 aromatic heterocycles. The fourth-order valence-corrected chi connectivity index (χ4v) is 4.65. The summed E-state index contributed by atoms with van der Waals surface area (Å²) in [6, 6.07) is 29.4. The maximum absolute atomic E-state index is 13.6. The molecule has 2 nitrogen and oxygen atoms in total. The summed E-state index contributed by atoms with van der Waals surface area (Å²) in [7, 11) is -2.77. The molecule has 0 aliphatic carbocycles. The lowest BCUT2D eigenvalue weighted by Crippen LogP contribution is -2.32. The number of para-hydroxylation sites is 2. The average molecular weight is 309 g/mol. The number of thiol groups is 1. The van der Waals surface area contributed by atoms with Gasteiger partial charge in [0.15, 0.2) is 0 Å². The van der Waals surface area contributed by atoms with Crippen molar-refractivity contribution in [2.45, 2.75) is 4.90 Å². The number of benzene rings is 3. The molecule has 112 valence electrons. The summed E-state index contributed by atoms with van der Waals surface area (Å²) < 4.78 is 15.6. The molecule has 0 heterocycles. The van der Waals surface area contributed by atoms with E-state index in [-0.39, 0.29) is 0 Å². The number of rotatable bonds is 4. The Balaban J connectivity index is 2.16. The van der Waals surface area contributed by atoms with E-state index in [0.717, 1.165) is 16.3 Å². The van der Waals surface area contributed by atoms with Crippen LogP contribution >= 0.6 is 0 Å². The second kappa shape index (κ2) is 6.16. The Bertz CT molecular complexity index is 733. The zero-order chi connectivity index (χ0) is 15.4. The van der Waals surface area contributed by atoms with Gasteiger partial charge in [0.1, 0.15) is 0 Å². The molecule has 0 saturated heterocycles. The summed E-state index contributed by atoms with van der Waals surface area (Å²) in [5, 5.41) is 0. The summed E-state index contributed by atoms with van der Waals surface area (Å²) in [5.74, 6) is 0. The van der Waals surface area contributed by atoms with Crippen LogP contribution in [0.2, 0.25) is 0 Å². The SMILES string of the molecule is C[SH](=O)(c1ccccc1)N(c1ccccc1)c1ccccc1. The van der Waals surface area contributed by atoms with Gasteiger partial charge < -0.3 is 0 Å². The van der Waals surface area contributed by atoms with Gasteiger partial charge in [-0.25, -0.2) is 0 Å². The molecule has 0 aliphatic heterocycles. The van der Waals surface area contributed by atoms with Gasteiger partial charge in [0, 0.05) is 11.2 Å². The molecule has 3 aromatic rings. The van der Waals surface area contributed by atoms with E-state index < -0.39 is 10.1 Å². The molecular formula is C19H19NOS.